The van der Waals surface area contributed by atoms with Gasteiger partial charge < -0.3 is 15.3 Å². The van der Waals surface area contributed by atoms with Crippen molar-refractivity contribution in [3.63, 3.8) is 0 Å². The van der Waals surface area contributed by atoms with Crippen LogP contribution in [0.2, 0.25) is 4.34 Å². The summed E-state index contributed by atoms with van der Waals surface area (Å²) in [6.07, 6.45) is 0.700. The molecule has 7 heteroatoms. The summed E-state index contributed by atoms with van der Waals surface area (Å²) >= 11 is 7.18. The van der Waals surface area contributed by atoms with E-state index in [2.05, 4.69) is 5.32 Å². The van der Waals surface area contributed by atoms with E-state index in [4.69, 9.17) is 16.7 Å². The first kappa shape index (κ1) is 15.8. The Morgan fingerprint density at radius 2 is 2.21 bits per heavy atom. The van der Waals surface area contributed by atoms with Crippen molar-refractivity contribution in [2.75, 3.05) is 6.54 Å². The summed E-state index contributed by atoms with van der Waals surface area (Å²) < 4.78 is 0.661. The number of hydrogen-bond acceptors (Lipinski definition) is 3. The van der Waals surface area contributed by atoms with Crippen LogP contribution in [0.4, 0.5) is 4.79 Å². The molecule has 0 fully saturated rings. The van der Waals surface area contributed by atoms with Gasteiger partial charge in [-0.1, -0.05) is 18.5 Å². The molecule has 0 radical (unpaired) electrons. The molecule has 0 saturated carbocycles. The van der Waals surface area contributed by atoms with Gasteiger partial charge in [0.05, 0.1) is 10.9 Å². The Morgan fingerprint density at radius 3 is 2.68 bits per heavy atom. The molecule has 0 aromatic carbocycles. The highest BCUT2D eigenvalue weighted by Crippen LogP contribution is 2.21. The molecule has 1 aromatic rings. The van der Waals surface area contributed by atoms with Crippen LogP contribution in [0.15, 0.2) is 12.1 Å². The number of carbonyl (C=O) groups excluding carboxylic acids is 1. The van der Waals surface area contributed by atoms with Crippen molar-refractivity contribution in [3.05, 3.63) is 21.3 Å². The quantitative estimate of drug-likeness (QED) is 0.849. The Kier molecular flexibility index (Phi) is 6.11. The van der Waals surface area contributed by atoms with Crippen molar-refractivity contribution in [2.24, 2.45) is 0 Å². The summed E-state index contributed by atoms with van der Waals surface area (Å²) in [5, 5.41) is 11.5. The number of carboxylic acids is 1. The molecule has 0 spiro atoms. The van der Waals surface area contributed by atoms with Crippen LogP contribution in [0, 0.1) is 0 Å². The molecule has 2 amide bonds. The zero-order chi connectivity index (χ0) is 14.4. The van der Waals surface area contributed by atoms with Gasteiger partial charge in [-0.2, -0.15) is 0 Å². The second-order valence-corrected chi connectivity index (χ2v) is 5.94. The van der Waals surface area contributed by atoms with Crippen LogP contribution in [0.3, 0.4) is 0 Å². The van der Waals surface area contributed by atoms with Gasteiger partial charge in [0.15, 0.2) is 0 Å². The lowest BCUT2D eigenvalue weighted by Gasteiger charge is -2.26. The fourth-order valence-corrected chi connectivity index (χ4v) is 2.53. The van der Waals surface area contributed by atoms with Crippen LogP contribution in [-0.4, -0.2) is 34.6 Å². The van der Waals surface area contributed by atoms with E-state index < -0.39 is 5.97 Å². The van der Waals surface area contributed by atoms with Crippen molar-refractivity contribution in [2.45, 2.75) is 32.9 Å². The number of aliphatic carboxylic acids is 1. The van der Waals surface area contributed by atoms with Crippen LogP contribution in [0.5, 0.6) is 0 Å². The van der Waals surface area contributed by atoms with Crippen LogP contribution in [-0.2, 0) is 11.3 Å². The summed E-state index contributed by atoms with van der Waals surface area (Å²) in [6, 6.07) is 3.10. The topological polar surface area (TPSA) is 69.6 Å². The zero-order valence-corrected chi connectivity index (χ0v) is 12.4. The molecule has 1 rings (SSSR count). The van der Waals surface area contributed by atoms with Crippen molar-refractivity contribution < 1.29 is 14.7 Å². The lowest BCUT2D eigenvalue weighted by atomic mass is 10.2. The number of carboxylic acid groups (broad SMARTS) is 1. The van der Waals surface area contributed by atoms with E-state index in [-0.39, 0.29) is 18.6 Å². The highest BCUT2D eigenvalue weighted by molar-refractivity contribution is 7.16. The molecule has 0 aliphatic carbocycles. The molecule has 19 heavy (non-hydrogen) atoms. The number of nitrogens with zero attached hydrogens (tertiary/aromatic N) is 1. The van der Waals surface area contributed by atoms with E-state index in [9.17, 15) is 9.59 Å². The SMILES string of the molecule is CCC(C)N(CC(=O)O)C(=O)NCc1ccc(Cl)s1. The maximum absolute atomic E-state index is 12.0. The van der Waals surface area contributed by atoms with Gasteiger partial charge in [-0.15, -0.1) is 11.3 Å². The molecule has 1 heterocycles. The van der Waals surface area contributed by atoms with Crippen LogP contribution < -0.4 is 5.32 Å². The van der Waals surface area contributed by atoms with Gasteiger partial charge in [0.2, 0.25) is 0 Å². The largest absolute Gasteiger partial charge is 0.480 e. The highest BCUT2D eigenvalue weighted by Gasteiger charge is 2.21. The minimum Gasteiger partial charge on any atom is -0.480 e. The number of carbonyl (C=O) groups is 2. The molecule has 0 saturated heterocycles. The molecular weight excluding hydrogens is 288 g/mol. The molecule has 106 valence electrons. The van der Waals surface area contributed by atoms with Crippen molar-refractivity contribution in [1.29, 1.82) is 0 Å². The van der Waals surface area contributed by atoms with Crippen molar-refractivity contribution in [3.8, 4) is 0 Å². The minimum atomic E-state index is -1.02. The van der Waals surface area contributed by atoms with Gasteiger partial charge in [-0.05, 0) is 25.5 Å². The Balaban J connectivity index is 2.58. The fraction of sp³-hybridized carbons (Fsp3) is 0.500. The summed E-state index contributed by atoms with van der Waals surface area (Å²) in [5.74, 6) is -1.02. The maximum atomic E-state index is 12.0. The predicted octanol–water partition coefficient (Wildman–Crippen LogP) is 2.80. The number of hydrogen-bond donors (Lipinski definition) is 2. The van der Waals surface area contributed by atoms with E-state index in [0.29, 0.717) is 17.3 Å². The molecule has 5 nitrogen and oxygen atoms in total. The minimum absolute atomic E-state index is 0.122. The fourth-order valence-electron chi connectivity index (χ4n) is 1.50. The van der Waals surface area contributed by atoms with Crippen LogP contribution in [0.25, 0.3) is 0 Å². The molecule has 1 atom stereocenters. The molecule has 0 aliphatic heterocycles. The van der Waals surface area contributed by atoms with Gasteiger partial charge in [-0.25, -0.2) is 4.79 Å². The van der Waals surface area contributed by atoms with Gasteiger partial charge in [0.1, 0.15) is 6.54 Å². The van der Waals surface area contributed by atoms with Crippen molar-refractivity contribution >= 4 is 34.9 Å². The lowest BCUT2D eigenvalue weighted by molar-refractivity contribution is -0.138. The second-order valence-electron chi connectivity index (χ2n) is 4.14. The average Bonchev–Trinajstić information content (AvgIpc) is 2.77. The number of thiophene rings is 1. The summed E-state index contributed by atoms with van der Waals surface area (Å²) in [4.78, 5) is 25.0. The first-order chi connectivity index (χ1) is 8.93. The van der Waals surface area contributed by atoms with Gasteiger partial charge in [-0.3, -0.25) is 4.79 Å². The molecule has 0 bridgehead atoms. The molecule has 1 unspecified atom stereocenters. The number of amides is 2. The lowest BCUT2D eigenvalue weighted by Crippen LogP contribution is -2.47. The van der Waals surface area contributed by atoms with E-state index in [1.54, 1.807) is 6.07 Å². The third-order valence-corrected chi connectivity index (χ3v) is 3.96. The van der Waals surface area contributed by atoms with E-state index in [0.717, 1.165) is 4.88 Å². The Morgan fingerprint density at radius 1 is 1.53 bits per heavy atom. The van der Waals surface area contributed by atoms with Crippen molar-refractivity contribution in [1.82, 2.24) is 10.2 Å². The molecular formula is C12H17ClN2O3S. The summed E-state index contributed by atoms with van der Waals surface area (Å²) in [5.41, 5.74) is 0. The average molecular weight is 305 g/mol. The molecule has 1 aromatic heterocycles. The third kappa shape index (κ3) is 5.08. The first-order valence-electron chi connectivity index (χ1n) is 5.94. The highest BCUT2D eigenvalue weighted by atomic mass is 35.5. The molecule has 0 aliphatic rings. The monoisotopic (exact) mass is 304 g/mol. The zero-order valence-electron chi connectivity index (χ0n) is 10.9. The van der Waals surface area contributed by atoms with Crippen LogP contribution >= 0.6 is 22.9 Å². The Bertz CT molecular complexity index is 450. The van der Waals surface area contributed by atoms with E-state index in [1.165, 1.54) is 16.2 Å². The normalized spacial score (nSPS) is 11.9. The standard InChI is InChI=1S/C12H17ClN2O3S/c1-3-8(2)15(7-11(16)17)12(18)14-6-9-4-5-10(13)19-9/h4-5,8H,3,6-7H2,1-2H3,(H,14,18)(H,16,17). The number of urea groups is 1. The second kappa shape index (κ2) is 7.35. The number of nitrogens with one attached hydrogen (secondary N) is 1. The van der Waals surface area contributed by atoms with Gasteiger partial charge in [0.25, 0.3) is 0 Å². The summed E-state index contributed by atoms with van der Waals surface area (Å²) in [6.45, 7) is 3.78. The predicted molar refractivity (Wildman–Crippen MR) is 75.7 cm³/mol. The van der Waals surface area contributed by atoms with E-state index >= 15 is 0 Å². The third-order valence-electron chi connectivity index (χ3n) is 2.73. The van der Waals surface area contributed by atoms with Gasteiger partial charge >= 0.3 is 12.0 Å². The molecule has 2 N–H and O–H groups in total. The number of halogens is 1. The number of rotatable bonds is 6. The Labute approximate surface area is 121 Å². The maximum Gasteiger partial charge on any atom is 0.323 e. The summed E-state index contributed by atoms with van der Waals surface area (Å²) in [7, 11) is 0. The van der Waals surface area contributed by atoms with Gasteiger partial charge in [0, 0.05) is 10.9 Å². The van der Waals surface area contributed by atoms with Crippen LogP contribution in [0.1, 0.15) is 25.1 Å². The smallest absolute Gasteiger partial charge is 0.323 e. The van der Waals surface area contributed by atoms with E-state index in [1.807, 2.05) is 19.9 Å². The Hall–Kier alpha value is -1.27. The first-order valence-corrected chi connectivity index (χ1v) is 7.14.